The van der Waals surface area contributed by atoms with Gasteiger partial charge in [0.25, 0.3) is 11.1 Å². The van der Waals surface area contributed by atoms with Crippen molar-refractivity contribution in [2.45, 2.75) is 6.92 Å². The van der Waals surface area contributed by atoms with Crippen LogP contribution in [0.15, 0.2) is 21.7 Å². The number of H-pyrrole nitrogens is 2. The van der Waals surface area contributed by atoms with E-state index in [0.717, 1.165) is 5.56 Å². The van der Waals surface area contributed by atoms with Gasteiger partial charge in [0, 0.05) is 5.69 Å². The number of aromatic amines is 2. The standard InChI is InChI=1S/C9H9N3O2/c1-4-2-5-7(6(10)3-4)9(14)12-11-8(5)13/h2-3H,10H2,1H3,(H,11,13)(H,12,14). The van der Waals surface area contributed by atoms with Crippen molar-refractivity contribution in [3.8, 4) is 0 Å². The predicted molar refractivity (Wildman–Crippen MR) is 54.3 cm³/mol. The Hall–Kier alpha value is -2.04. The Labute approximate surface area is 78.5 Å². The molecule has 2 rings (SSSR count). The monoisotopic (exact) mass is 191 g/mol. The number of fused-ring (bicyclic) bond motifs is 1. The van der Waals surface area contributed by atoms with Crippen molar-refractivity contribution >= 4 is 16.5 Å². The lowest BCUT2D eigenvalue weighted by atomic mass is 10.1. The third-order valence-corrected chi connectivity index (χ3v) is 2.07. The number of aromatic nitrogens is 2. The van der Waals surface area contributed by atoms with E-state index in [-0.39, 0.29) is 16.5 Å². The van der Waals surface area contributed by atoms with Gasteiger partial charge in [-0.3, -0.25) is 19.8 Å². The van der Waals surface area contributed by atoms with Crippen molar-refractivity contribution in [3.63, 3.8) is 0 Å². The number of hydrogen-bond donors (Lipinski definition) is 3. The van der Waals surface area contributed by atoms with Gasteiger partial charge in [-0.15, -0.1) is 0 Å². The number of benzene rings is 1. The summed E-state index contributed by atoms with van der Waals surface area (Å²) < 4.78 is 0. The maximum absolute atomic E-state index is 11.4. The summed E-state index contributed by atoms with van der Waals surface area (Å²) in [6.07, 6.45) is 0. The zero-order chi connectivity index (χ0) is 10.3. The highest BCUT2D eigenvalue weighted by Crippen LogP contribution is 2.15. The van der Waals surface area contributed by atoms with Crippen LogP contribution in [0.5, 0.6) is 0 Å². The Bertz CT molecular complexity index is 609. The van der Waals surface area contributed by atoms with Crippen LogP contribution >= 0.6 is 0 Å². The van der Waals surface area contributed by atoms with Crippen LogP contribution in [0, 0.1) is 6.92 Å². The highest BCUT2D eigenvalue weighted by molar-refractivity contribution is 5.91. The molecule has 0 radical (unpaired) electrons. The molecule has 0 bridgehead atoms. The zero-order valence-corrected chi connectivity index (χ0v) is 7.55. The van der Waals surface area contributed by atoms with Crippen molar-refractivity contribution in [2.24, 2.45) is 0 Å². The van der Waals surface area contributed by atoms with Crippen molar-refractivity contribution in [2.75, 3.05) is 5.73 Å². The molecule has 1 aromatic heterocycles. The molecule has 0 fully saturated rings. The average molecular weight is 191 g/mol. The molecule has 72 valence electrons. The van der Waals surface area contributed by atoms with Crippen LogP contribution in [0.3, 0.4) is 0 Å². The van der Waals surface area contributed by atoms with Crippen LogP contribution in [-0.2, 0) is 0 Å². The second kappa shape index (κ2) is 2.73. The summed E-state index contributed by atoms with van der Waals surface area (Å²) in [5, 5.41) is 5.05. The van der Waals surface area contributed by atoms with E-state index in [0.29, 0.717) is 11.1 Å². The van der Waals surface area contributed by atoms with Crippen LogP contribution < -0.4 is 16.9 Å². The second-order valence-corrected chi connectivity index (χ2v) is 3.18. The maximum Gasteiger partial charge on any atom is 0.272 e. The lowest BCUT2D eigenvalue weighted by molar-refractivity contribution is 0.976. The Balaban J connectivity index is 3.16. The Morgan fingerprint density at radius 2 is 1.79 bits per heavy atom. The molecule has 0 aliphatic rings. The van der Waals surface area contributed by atoms with E-state index in [1.165, 1.54) is 0 Å². The van der Waals surface area contributed by atoms with Gasteiger partial charge in [0.15, 0.2) is 0 Å². The first-order valence-electron chi connectivity index (χ1n) is 4.10. The summed E-state index contributed by atoms with van der Waals surface area (Å²) in [4.78, 5) is 22.7. The van der Waals surface area contributed by atoms with E-state index < -0.39 is 0 Å². The minimum absolute atomic E-state index is 0.249. The number of aryl methyl sites for hydroxylation is 1. The van der Waals surface area contributed by atoms with Crippen LogP contribution in [0.2, 0.25) is 0 Å². The number of nitrogens with one attached hydrogen (secondary N) is 2. The van der Waals surface area contributed by atoms with E-state index in [9.17, 15) is 9.59 Å². The number of anilines is 1. The molecule has 0 spiro atoms. The summed E-state index contributed by atoms with van der Waals surface area (Å²) in [6, 6.07) is 3.30. The number of rotatable bonds is 0. The van der Waals surface area contributed by atoms with Crippen LogP contribution in [-0.4, -0.2) is 10.2 Å². The van der Waals surface area contributed by atoms with E-state index in [4.69, 9.17) is 5.73 Å². The topological polar surface area (TPSA) is 91.7 Å². The highest BCUT2D eigenvalue weighted by atomic mass is 16.1. The molecule has 2 aromatic rings. The second-order valence-electron chi connectivity index (χ2n) is 3.18. The third-order valence-electron chi connectivity index (χ3n) is 2.07. The number of hydrogen-bond acceptors (Lipinski definition) is 3. The molecular formula is C9H9N3O2. The van der Waals surface area contributed by atoms with Gasteiger partial charge in [-0.1, -0.05) is 0 Å². The summed E-state index contributed by atoms with van der Waals surface area (Å²) in [5.74, 6) is 0. The molecule has 0 unspecified atom stereocenters. The Kier molecular flexibility index (Phi) is 1.67. The number of nitrogens with two attached hydrogens (primary N) is 1. The van der Waals surface area contributed by atoms with E-state index in [2.05, 4.69) is 10.2 Å². The van der Waals surface area contributed by atoms with Crippen LogP contribution in [0.25, 0.3) is 10.8 Å². The molecule has 1 heterocycles. The molecular weight excluding hydrogens is 182 g/mol. The highest BCUT2D eigenvalue weighted by Gasteiger charge is 2.06. The fourth-order valence-electron chi connectivity index (χ4n) is 1.49. The summed E-state index contributed by atoms with van der Waals surface area (Å²) in [7, 11) is 0. The van der Waals surface area contributed by atoms with Gasteiger partial charge in [0.1, 0.15) is 0 Å². The van der Waals surface area contributed by atoms with Gasteiger partial charge >= 0.3 is 0 Å². The molecule has 4 N–H and O–H groups in total. The molecule has 5 heteroatoms. The molecule has 0 atom stereocenters. The zero-order valence-electron chi connectivity index (χ0n) is 7.55. The van der Waals surface area contributed by atoms with Crippen molar-refractivity contribution in [3.05, 3.63) is 38.4 Å². The van der Waals surface area contributed by atoms with Gasteiger partial charge < -0.3 is 5.73 Å². The van der Waals surface area contributed by atoms with Gasteiger partial charge in [-0.05, 0) is 24.6 Å². The fraction of sp³-hybridized carbons (Fsp3) is 0.111. The van der Waals surface area contributed by atoms with Crippen molar-refractivity contribution in [1.82, 2.24) is 10.2 Å². The SMILES string of the molecule is Cc1cc(N)c2c(=O)[nH][nH]c(=O)c2c1. The molecule has 0 saturated heterocycles. The van der Waals surface area contributed by atoms with Crippen molar-refractivity contribution in [1.29, 1.82) is 0 Å². The quantitative estimate of drug-likeness (QED) is 0.516. The van der Waals surface area contributed by atoms with E-state index in [1.807, 2.05) is 6.92 Å². The largest absolute Gasteiger partial charge is 0.398 e. The summed E-state index contributed by atoms with van der Waals surface area (Å²) in [6.45, 7) is 1.82. The Morgan fingerprint density at radius 1 is 1.14 bits per heavy atom. The first-order valence-corrected chi connectivity index (χ1v) is 4.10. The lowest BCUT2D eigenvalue weighted by Gasteiger charge is -2.01. The van der Waals surface area contributed by atoms with Crippen LogP contribution in [0.1, 0.15) is 5.56 Å². The van der Waals surface area contributed by atoms with Gasteiger partial charge in [0.05, 0.1) is 10.8 Å². The van der Waals surface area contributed by atoms with E-state index >= 15 is 0 Å². The smallest absolute Gasteiger partial charge is 0.272 e. The third kappa shape index (κ3) is 1.10. The van der Waals surface area contributed by atoms with Crippen molar-refractivity contribution < 1.29 is 0 Å². The minimum atomic E-state index is -0.378. The normalized spacial score (nSPS) is 10.6. The molecule has 5 nitrogen and oxygen atoms in total. The summed E-state index contributed by atoms with van der Waals surface area (Å²) >= 11 is 0. The summed E-state index contributed by atoms with van der Waals surface area (Å²) in [5.41, 5.74) is 6.12. The van der Waals surface area contributed by atoms with E-state index in [1.54, 1.807) is 12.1 Å². The Morgan fingerprint density at radius 3 is 2.50 bits per heavy atom. The molecule has 14 heavy (non-hydrogen) atoms. The van der Waals surface area contributed by atoms with Gasteiger partial charge in [-0.25, -0.2) is 0 Å². The maximum atomic E-state index is 11.4. The molecule has 0 aliphatic carbocycles. The predicted octanol–water partition coefficient (Wildman–Crippen LogP) is 0.107. The fourth-order valence-corrected chi connectivity index (χ4v) is 1.49. The minimum Gasteiger partial charge on any atom is -0.398 e. The first kappa shape index (κ1) is 8.55. The molecule has 0 saturated carbocycles. The van der Waals surface area contributed by atoms with Gasteiger partial charge in [-0.2, -0.15) is 0 Å². The number of nitrogen functional groups attached to an aromatic ring is 1. The first-order chi connectivity index (χ1) is 6.59. The molecule has 0 aliphatic heterocycles. The van der Waals surface area contributed by atoms with Crippen LogP contribution in [0.4, 0.5) is 5.69 Å². The molecule has 0 amide bonds. The van der Waals surface area contributed by atoms with Gasteiger partial charge in [0.2, 0.25) is 0 Å². The average Bonchev–Trinajstić information content (AvgIpc) is 2.10. The molecule has 1 aromatic carbocycles. The lowest BCUT2D eigenvalue weighted by Crippen LogP contribution is -2.20.